The molecule has 3 N–H and O–H groups in total. The van der Waals surface area contributed by atoms with Crippen molar-refractivity contribution in [2.45, 2.75) is 25.4 Å². The van der Waals surface area contributed by atoms with Crippen LogP contribution in [0.15, 0.2) is 12.4 Å². The summed E-state index contributed by atoms with van der Waals surface area (Å²) in [6.07, 6.45) is 6.03. The second-order valence-corrected chi connectivity index (χ2v) is 4.92. The predicted molar refractivity (Wildman–Crippen MR) is 68.7 cm³/mol. The number of nitrogens with one attached hydrogen (secondary N) is 1. The molecule has 0 spiro atoms. The Morgan fingerprint density at radius 3 is 2.83 bits per heavy atom. The number of carbonyl (C=O) groups is 1. The van der Waals surface area contributed by atoms with Crippen molar-refractivity contribution in [3.05, 3.63) is 18.0 Å². The lowest BCUT2D eigenvalue weighted by atomic mass is 10.0. The molecule has 1 amide bonds. The Labute approximate surface area is 107 Å². The van der Waals surface area contributed by atoms with Crippen LogP contribution in [0.5, 0.6) is 0 Å². The van der Waals surface area contributed by atoms with Gasteiger partial charge < -0.3 is 11.1 Å². The maximum Gasteiger partial charge on any atom is 0.231 e. The fraction of sp³-hybridized carbons (Fsp3) is 0.667. The second-order valence-electron chi connectivity index (χ2n) is 4.92. The van der Waals surface area contributed by atoms with E-state index in [2.05, 4.69) is 15.3 Å². The third-order valence-electron chi connectivity index (χ3n) is 3.32. The van der Waals surface area contributed by atoms with Gasteiger partial charge in [-0.05, 0) is 12.8 Å². The first kappa shape index (κ1) is 13.0. The molecule has 1 fully saturated rings. The first-order valence-electron chi connectivity index (χ1n) is 6.35. The summed E-state index contributed by atoms with van der Waals surface area (Å²) < 4.78 is 1.81. The van der Waals surface area contributed by atoms with Gasteiger partial charge in [-0.2, -0.15) is 5.10 Å². The number of aromatic nitrogens is 2. The number of hydrogen-bond acceptors (Lipinski definition) is 4. The lowest BCUT2D eigenvalue weighted by Gasteiger charge is -2.31. The molecular weight excluding hydrogens is 230 g/mol. The van der Waals surface area contributed by atoms with E-state index in [0.29, 0.717) is 12.6 Å². The SMILES string of the molecule is Cn1cc(CNC2CCN(CC(N)=O)CC2)cn1. The van der Waals surface area contributed by atoms with Gasteiger partial charge in [0, 0.05) is 44.5 Å². The number of carbonyl (C=O) groups excluding carboxylic acids is 1. The summed E-state index contributed by atoms with van der Waals surface area (Å²) in [5, 5.41) is 7.67. The van der Waals surface area contributed by atoms with E-state index in [1.165, 1.54) is 5.56 Å². The molecule has 100 valence electrons. The minimum Gasteiger partial charge on any atom is -0.369 e. The van der Waals surface area contributed by atoms with Crippen molar-refractivity contribution in [3.63, 3.8) is 0 Å². The van der Waals surface area contributed by atoms with Gasteiger partial charge in [-0.25, -0.2) is 0 Å². The van der Waals surface area contributed by atoms with Gasteiger partial charge in [0.1, 0.15) is 0 Å². The predicted octanol–water partition coefficient (Wildman–Crippen LogP) is -0.541. The van der Waals surface area contributed by atoms with Gasteiger partial charge in [0.15, 0.2) is 0 Å². The summed E-state index contributed by atoms with van der Waals surface area (Å²) in [4.78, 5) is 12.9. The van der Waals surface area contributed by atoms with Crippen LogP contribution in [0, 0.1) is 0 Å². The van der Waals surface area contributed by atoms with Crippen LogP contribution in [0.25, 0.3) is 0 Å². The highest BCUT2D eigenvalue weighted by Gasteiger charge is 2.19. The van der Waals surface area contributed by atoms with Gasteiger partial charge in [0.25, 0.3) is 0 Å². The molecule has 1 saturated heterocycles. The normalized spacial score (nSPS) is 18.1. The van der Waals surface area contributed by atoms with E-state index in [-0.39, 0.29) is 5.91 Å². The largest absolute Gasteiger partial charge is 0.369 e. The van der Waals surface area contributed by atoms with Crippen LogP contribution in [0.2, 0.25) is 0 Å². The summed E-state index contributed by atoms with van der Waals surface area (Å²) in [5.74, 6) is -0.239. The van der Waals surface area contributed by atoms with E-state index >= 15 is 0 Å². The molecule has 1 aromatic rings. The molecular formula is C12H21N5O. The van der Waals surface area contributed by atoms with Crippen molar-refractivity contribution in [1.82, 2.24) is 20.0 Å². The monoisotopic (exact) mass is 251 g/mol. The standard InChI is InChI=1S/C12H21N5O/c1-16-8-10(7-15-16)6-14-11-2-4-17(5-3-11)9-12(13)18/h7-8,11,14H,2-6,9H2,1H3,(H2,13,18). The lowest BCUT2D eigenvalue weighted by Crippen LogP contribution is -2.45. The minimum atomic E-state index is -0.239. The zero-order valence-corrected chi connectivity index (χ0v) is 10.8. The van der Waals surface area contributed by atoms with Crippen molar-refractivity contribution < 1.29 is 4.79 Å². The first-order chi connectivity index (χ1) is 8.63. The van der Waals surface area contributed by atoms with E-state index in [1.54, 1.807) is 0 Å². The molecule has 0 unspecified atom stereocenters. The molecule has 1 aromatic heterocycles. The third kappa shape index (κ3) is 3.82. The van der Waals surface area contributed by atoms with Crippen molar-refractivity contribution >= 4 is 5.91 Å². The first-order valence-corrected chi connectivity index (χ1v) is 6.35. The zero-order valence-electron chi connectivity index (χ0n) is 10.8. The van der Waals surface area contributed by atoms with Crippen LogP contribution in [-0.4, -0.2) is 46.3 Å². The maximum absolute atomic E-state index is 10.8. The number of primary amides is 1. The number of piperidine rings is 1. The van der Waals surface area contributed by atoms with Crippen molar-refractivity contribution in [1.29, 1.82) is 0 Å². The van der Waals surface area contributed by atoms with E-state index in [4.69, 9.17) is 5.73 Å². The van der Waals surface area contributed by atoms with E-state index in [9.17, 15) is 4.79 Å². The average Bonchev–Trinajstić information content (AvgIpc) is 2.74. The number of rotatable bonds is 5. The van der Waals surface area contributed by atoms with Crippen LogP contribution < -0.4 is 11.1 Å². The Morgan fingerprint density at radius 1 is 1.56 bits per heavy atom. The third-order valence-corrected chi connectivity index (χ3v) is 3.32. The molecule has 0 aliphatic carbocycles. The lowest BCUT2D eigenvalue weighted by molar-refractivity contribution is -0.119. The molecule has 0 atom stereocenters. The van der Waals surface area contributed by atoms with Crippen molar-refractivity contribution in [3.8, 4) is 0 Å². The Morgan fingerprint density at radius 2 is 2.28 bits per heavy atom. The maximum atomic E-state index is 10.8. The summed E-state index contributed by atoms with van der Waals surface area (Å²) in [6, 6.07) is 0.523. The number of hydrogen-bond donors (Lipinski definition) is 2. The molecule has 1 aliphatic heterocycles. The molecule has 2 rings (SSSR count). The highest BCUT2D eigenvalue weighted by Crippen LogP contribution is 2.10. The average molecular weight is 251 g/mol. The molecule has 18 heavy (non-hydrogen) atoms. The number of likely N-dealkylation sites (tertiary alicyclic amines) is 1. The van der Waals surface area contributed by atoms with Crippen LogP contribution in [0.1, 0.15) is 18.4 Å². The summed E-state index contributed by atoms with van der Waals surface area (Å²) >= 11 is 0. The molecule has 6 heteroatoms. The fourth-order valence-corrected chi connectivity index (χ4v) is 2.34. The minimum absolute atomic E-state index is 0.239. The summed E-state index contributed by atoms with van der Waals surface area (Å²) in [5.41, 5.74) is 6.40. The number of amides is 1. The molecule has 0 radical (unpaired) electrons. The van der Waals surface area contributed by atoms with Gasteiger partial charge in [0.05, 0.1) is 12.7 Å². The molecule has 0 aromatic carbocycles. The van der Waals surface area contributed by atoms with Gasteiger partial charge in [0.2, 0.25) is 5.91 Å². The molecule has 0 saturated carbocycles. The molecule has 6 nitrogen and oxygen atoms in total. The summed E-state index contributed by atoms with van der Waals surface area (Å²) in [7, 11) is 1.92. The zero-order chi connectivity index (χ0) is 13.0. The summed E-state index contributed by atoms with van der Waals surface area (Å²) in [6.45, 7) is 3.12. The van der Waals surface area contributed by atoms with Crippen LogP contribution in [-0.2, 0) is 18.4 Å². The number of nitrogens with two attached hydrogens (primary N) is 1. The van der Waals surface area contributed by atoms with Crippen LogP contribution in [0.3, 0.4) is 0 Å². The van der Waals surface area contributed by atoms with Gasteiger partial charge >= 0.3 is 0 Å². The Bertz CT molecular complexity index is 395. The van der Waals surface area contributed by atoms with Crippen molar-refractivity contribution in [2.24, 2.45) is 12.8 Å². The van der Waals surface area contributed by atoms with Gasteiger partial charge in [-0.15, -0.1) is 0 Å². The van der Waals surface area contributed by atoms with Crippen molar-refractivity contribution in [2.75, 3.05) is 19.6 Å². The molecule has 1 aliphatic rings. The second kappa shape index (κ2) is 5.97. The smallest absolute Gasteiger partial charge is 0.231 e. The van der Waals surface area contributed by atoms with Gasteiger partial charge in [-0.3, -0.25) is 14.4 Å². The number of nitrogens with zero attached hydrogens (tertiary/aromatic N) is 3. The fourth-order valence-electron chi connectivity index (χ4n) is 2.34. The molecule has 0 bridgehead atoms. The quantitative estimate of drug-likeness (QED) is 0.737. The van der Waals surface area contributed by atoms with Gasteiger partial charge in [-0.1, -0.05) is 0 Å². The Balaban J connectivity index is 1.69. The van der Waals surface area contributed by atoms with Crippen LogP contribution >= 0.6 is 0 Å². The highest BCUT2D eigenvalue weighted by molar-refractivity contribution is 5.75. The number of aryl methyl sites for hydroxylation is 1. The van der Waals surface area contributed by atoms with E-state index in [0.717, 1.165) is 32.5 Å². The molecule has 2 heterocycles. The van der Waals surface area contributed by atoms with E-state index < -0.39 is 0 Å². The topological polar surface area (TPSA) is 76.2 Å². The Kier molecular flexibility index (Phi) is 4.33. The van der Waals surface area contributed by atoms with E-state index in [1.807, 2.05) is 24.1 Å². The Hall–Kier alpha value is -1.40. The highest BCUT2D eigenvalue weighted by atomic mass is 16.1. The van der Waals surface area contributed by atoms with Crippen LogP contribution in [0.4, 0.5) is 0 Å².